The van der Waals surface area contributed by atoms with Gasteiger partial charge in [0, 0.05) is 12.8 Å². The number of rotatable bonds is 49. The zero-order chi connectivity index (χ0) is 53.2. The molecule has 0 aromatic carbocycles. The zero-order valence-electron chi connectivity index (χ0n) is 46.2. The Hall–Kier alpha value is -1.50. The van der Waals surface area contributed by atoms with E-state index < -0.39 is 92.7 Å². The van der Waals surface area contributed by atoms with Crippen LogP contribution in [-0.4, -0.2) is 142 Å². The summed E-state index contributed by atoms with van der Waals surface area (Å²) in [6.45, 7) is 2.67. The number of aliphatic hydroxyl groups is 7. The van der Waals surface area contributed by atoms with Crippen LogP contribution in [0.5, 0.6) is 0 Å². The van der Waals surface area contributed by atoms with Crippen LogP contribution < -0.4 is 0 Å². The monoisotopic (exact) mass is 1050 g/mol. The van der Waals surface area contributed by atoms with Gasteiger partial charge in [0.15, 0.2) is 18.7 Å². The molecule has 0 bridgehead atoms. The SMILES string of the molecule is CCCCCCCCCCCCCCCCCCCCCC(=O)O[C@H](COC(=O)CCCCCCCCCCCCCCCCCCCC)CO[C@H]1O[C@@H](CO[C@H]2O[C@@H](CO)[C@@H](O)C(O)C2O)[C@@H](O)C(O)C1O. The fourth-order valence-electron chi connectivity index (χ4n) is 9.93. The van der Waals surface area contributed by atoms with Crippen molar-refractivity contribution in [2.45, 2.75) is 332 Å². The zero-order valence-corrected chi connectivity index (χ0v) is 46.2. The van der Waals surface area contributed by atoms with Crippen molar-refractivity contribution in [3.63, 3.8) is 0 Å². The predicted octanol–water partition coefficient (Wildman–Crippen LogP) is 10.3. The molecule has 15 nitrogen and oxygen atoms in total. The van der Waals surface area contributed by atoms with Crippen molar-refractivity contribution >= 4 is 11.9 Å². The van der Waals surface area contributed by atoms with E-state index in [1.807, 2.05) is 0 Å². The van der Waals surface area contributed by atoms with E-state index in [9.17, 15) is 45.3 Å². The van der Waals surface area contributed by atoms with E-state index in [1.54, 1.807) is 0 Å². The van der Waals surface area contributed by atoms with Crippen LogP contribution in [0.15, 0.2) is 0 Å². The fourth-order valence-corrected chi connectivity index (χ4v) is 9.93. The van der Waals surface area contributed by atoms with Gasteiger partial charge in [-0.2, -0.15) is 0 Å². The molecule has 0 aromatic rings. The van der Waals surface area contributed by atoms with Crippen molar-refractivity contribution in [3.05, 3.63) is 0 Å². The molecule has 432 valence electrons. The lowest BCUT2D eigenvalue weighted by atomic mass is 9.98. The summed E-state index contributed by atoms with van der Waals surface area (Å²) in [6, 6.07) is 0. The Bertz CT molecular complexity index is 1280. The van der Waals surface area contributed by atoms with Crippen LogP contribution >= 0.6 is 0 Å². The number of hydrogen-bond donors (Lipinski definition) is 7. The summed E-state index contributed by atoms with van der Waals surface area (Å²) in [5.41, 5.74) is 0. The summed E-state index contributed by atoms with van der Waals surface area (Å²) >= 11 is 0. The Morgan fingerprint density at radius 3 is 1.07 bits per heavy atom. The van der Waals surface area contributed by atoms with Gasteiger partial charge < -0.3 is 64.2 Å². The van der Waals surface area contributed by atoms with Gasteiger partial charge >= 0.3 is 11.9 Å². The average Bonchev–Trinajstić information content (AvgIpc) is 3.38. The highest BCUT2D eigenvalue weighted by Crippen LogP contribution is 2.27. The Kier molecular flexibility index (Phi) is 42.2. The average molecular weight is 1050 g/mol. The highest BCUT2D eigenvalue weighted by molar-refractivity contribution is 5.70. The molecule has 2 aliphatic heterocycles. The van der Waals surface area contributed by atoms with Gasteiger partial charge in [-0.05, 0) is 12.8 Å². The lowest BCUT2D eigenvalue weighted by molar-refractivity contribution is -0.332. The number of hydrogen-bond acceptors (Lipinski definition) is 15. The van der Waals surface area contributed by atoms with E-state index in [4.69, 9.17) is 28.4 Å². The van der Waals surface area contributed by atoms with Crippen molar-refractivity contribution in [2.24, 2.45) is 0 Å². The topological polar surface area (TPSA) is 231 Å². The molecule has 15 heteroatoms. The predicted molar refractivity (Wildman–Crippen MR) is 285 cm³/mol. The van der Waals surface area contributed by atoms with Crippen LogP contribution in [0.25, 0.3) is 0 Å². The molecular formula is C58H110O15. The van der Waals surface area contributed by atoms with Gasteiger partial charge in [0.25, 0.3) is 0 Å². The summed E-state index contributed by atoms with van der Waals surface area (Å²) < 4.78 is 33.7. The first-order chi connectivity index (χ1) is 35.5. The van der Waals surface area contributed by atoms with Crippen molar-refractivity contribution in [1.29, 1.82) is 0 Å². The Labute approximate surface area is 442 Å². The molecule has 0 aromatic heterocycles. The molecule has 11 atom stereocenters. The Morgan fingerprint density at radius 1 is 0.384 bits per heavy atom. The lowest BCUT2D eigenvalue weighted by Gasteiger charge is -2.42. The molecule has 2 rings (SSSR count). The van der Waals surface area contributed by atoms with Crippen LogP contribution in [-0.2, 0) is 38.0 Å². The van der Waals surface area contributed by atoms with Crippen molar-refractivity contribution < 1.29 is 73.8 Å². The molecule has 0 amide bonds. The van der Waals surface area contributed by atoms with E-state index >= 15 is 0 Å². The number of aliphatic hydroxyl groups excluding tert-OH is 7. The quantitative estimate of drug-likeness (QED) is 0.0222. The number of ether oxygens (including phenoxy) is 6. The highest BCUT2D eigenvalue weighted by Gasteiger charge is 2.47. The summed E-state index contributed by atoms with van der Waals surface area (Å²) in [6.07, 6.45) is 29.8. The van der Waals surface area contributed by atoms with Gasteiger partial charge in [-0.25, -0.2) is 0 Å². The van der Waals surface area contributed by atoms with Gasteiger partial charge in [-0.15, -0.1) is 0 Å². The number of carbonyl (C=O) groups excluding carboxylic acids is 2. The standard InChI is InChI=1S/C58H110O15/c1-3-5-7-9-11-13-15-17-19-21-23-25-27-29-31-33-35-37-39-41-50(61)71-46(43-68-49(60)40-38-36-34-32-30-28-26-24-22-20-18-16-14-12-10-8-6-4-2)44-69-57-56(67)54(65)52(63)48(73-57)45-70-58-55(66)53(64)51(62)47(42-59)72-58/h46-48,51-59,62-67H,3-45H2,1-2H3/t46-,47+,48+,51-,52-,53?,54?,55?,56?,57+,58+/m1/s1. The lowest BCUT2D eigenvalue weighted by Crippen LogP contribution is -2.61. The van der Waals surface area contributed by atoms with Crippen LogP contribution in [0, 0.1) is 0 Å². The molecule has 2 saturated heterocycles. The van der Waals surface area contributed by atoms with Gasteiger partial charge in [0.05, 0.1) is 19.8 Å². The van der Waals surface area contributed by atoms with Crippen LogP contribution in [0.3, 0.4) is 0 Å². The van der Waals surface area contributed by atoms with Crippen LogP contribution in [0.4, 0.5) is 0 Å². The molecule has 0 aliphatic carbocycles. The highest BCUT2D eigenvalue weighted by atomic mass is 16.7. The third kappa shape index (κ3) is 32.8. The summed E-state index contributed by atoms with van der Waals surface area (Å²) in [5, 5.41) is 72.3. The largest absolute Gasteiger partial charge is 0.462 e. The molecule has 0 spiro atoms. The van der Waals surface area contributed by atoms with Crippen molar-refractivity contribution in [3.8, 4) is 0 Å². The molecule has 2 aliphatic rings. The molecular weight excluding hydrogens is 937 g/mol. The maximum Gasteiger partial charge on any atom is 0.306 e. The molecule has 73 heavy (non-hydrogen) atoms. The van der Waals surface area contributed by atoms with E-state index in [0.717, 1.165) is 38.5 Å². The number of unbranched alkanes of at least 4 members (excludes halogenated alkanes) is 35. The molecule has 0 saturated carbocycles. The van der Waals surface area contributed by atoms with Crippen LogP contribution in [0.1, 0.15) is 264 Å². The van der Waals surface area contributed by atoms with Crippen LogP contribution in [0.2, 0.25) is 0 Å². The number of carbonyl (C=O) groups is 2. The van der Waals surface area contributed by atoms with Gasteiger partial charge in [-0.1, -0.05) is 239 Å². The maximum atomic E-state index is 13.1. The van der Waals surface area contributed by atoms with Gasteiger partial charge in [0.1, 0.15) is 55.4 Å². The van der Waals surface area contributed by atoms with Crippen molar-refractivity contribution in [2.75, 3.05) is 26.4 Å². The summed E-state index contributed by atoms with van der Waals surface area (Å²) in [7, 11) is 0. The summed E-state index contributed by atoms with van der Waals surface area (Å²) in [4.78, 5) is 25.9. The van der Waals surface area contributed by atoms with Gasteiger partial charge in [0.2, 0.25) is 0 Å². The minimum atomic E-state index is -1.76. The smallest absolute Gasteiger partial charge is 0.306 e. The summed E-state index contributed by atoms with van der Waals surface area (Å²) in [5.74, 6) is -0.902. The minimum absolute atomic E-state index is 0.174. The molecule has 2 heterocycles. The first-order valence-corrected chi connectivity index (χ1v) is 30.1. The van der Waals surface area contributed by atoms with E-state index in [1.165, 1.54) is 186 Å². The third-order valence-electron chi connectivity index (χ3n) is 14.8. The molecule has 2 fully saturated rings. The second-order valence-corrected chi connectivity index (χ2v) is 21.5. The van der Waals surface area contributed by atoms with E-state index in [0.29, 0.717) is 12.8 Å². The third-order valence-corrected chi connectivity index (χ3v) is 14.8. The van der Waals surface area contributed by atoms with E-state index in [2.05, 4.69) is 13.8 Å². The number of esters is 2. The fraction of sp³-hybridized carbons (Fsp3) is 0.966. The molecule has 4 unspecified atom stereocenters. The maximum absolute atomic E-state index is 13.1. The van der Waals surface area contributed by atoms with Gasteiger partial charge in [-0.3, -0.25) is 9.59 Å². The Balaban J connectivity index is 1.73. The Morgan fingerprint density at radius 2 is 0.699 bits per heavy atom. The molecule has 0 radical (unpaired) electrons. The van der Waals surface area contributed by atoms with Crippen molar-refractivity contribution in [1.82, 2.24) is 0 Å². The normalized spacial score (nSPS) is 24.7. The molecule has 7 N–H and O–H groups in total. The first kappa shape index (κ1) is 67.6. The van der Waals surface area contributed by atoms with E-state index in [-0.39, 0.29) is 26.1 Å². The minimum Gasteiger partial charge on any atom is -0.462 e. The second kappa shape index (κ2) is 45.5. The second-order valence-electron chi connectivity index (χ2n) is 21.5. The first-order valence-electron chi connectivity index (χ1n) is 30.1.